The molecule has 0 aliphatic carbocycles. The van der Waals surface area contributed by atoms with E-state index >= 15 is 0 Å². The summed E-state index contributed by atoms with van der Waals surface area (Å²) in [6.07, 6.45) is -9.96. The van der Waals surface area contributed by atoms with Gasteiger partial charge in [0, 0.05) is 6.42 Å². The number of rotatable bonds is 9. The molecule has 0 spiro atoms. The summed E-state index contributed by atoms with van der Waals surface area (Å²) in [6, 6.07) is -1.67. The molecular formula is C11H21NO16S3. The van der Waals surface area contributed by atoms with Crippen molar-refractivity contribution in [1.29, 1.82) is 0 Å². The van der Waals surface area contributed by atoms with Gasteiger partial charge in [0.05, 0.1) is 32.0 Å². The summed E-state index contributed by atoms with van der Waals surface area (Å²) in [5.41, 5.74) is 0. The Morgan fingerprint density at radius 2 is 1.55 bits per heavy atom. The highest BCUT2D eigenvalue weighted by molar-refractivity contribution is 7.83. The van der Waals surface area contributed by atoms with E-state index in [9.17, 15) is 35.5 Å². The second-order valence-corrected chi connectivity index (χ2v) is 9.85. The van der Waals surface area contributed by atoms with Gasteiger partial charge in [-0.25, -0.2) is 8.37 Å². The minimum atomic E-state index is -4.98. The van der Waals surface area contributed by atoms with Crippen molar-refractivity contribution in [3.63, 3.8) is 0 Å². The van der Waals surface area contributed by atoms with E-state index in [1.807, 2.05) is 0 Å². The first-order valence-electron chi connectivity index (χ1n) is 8.31. The fraction of sp³-hybridized carbons (Fsp3) is 1.00. The summed E-state index contributed by atoms with van der Waals surface area (Å²) in [5.74, 6) is 0. The van der Waals surface area contributed by atoms with Crippen molar-refractivity contribution in [2.75, 3.05) is 19.8 Å². The Hall–Kier alpha value is -0.590. The van der Waals surface area contributed by atoms with Crippen molar-refractivity contribution in [1.82, 2.24) is 4.72 Å². The van der Waals surface area contributed by atoms with E-state index in [0.717, 1.165) is 0 Å². The first-order valence-corrected chi connectivity index (χ1v) is 12.5. The van der Waals surface area contributed by atoms with E-state index in [1.165, 1.54) is 0 Å². The molecule has 6 N–H and O–H groups in total. The maximum atomic E-state index is 11.2. The number of aliphatic hydroxyl groups is 2. The van der Waals surface area contributed by atoms with Crippen LogP contribution in [-0.4, -0.2) is 112 Å². The van der Waals surface area contributed by atoms with Crippen molar-refractivity contribution in [3.8, 4) is 0 Å². The van der Waals surface area contributed by atoms with Gasteiger partial charge in [-0.15, -0.1) is 0 Å². The number of aliphatic hydroxyl groups excluding tert-OH is 2. The zero-order valence-corrected chi connectivity index (χ0v) is 17.8. The van der Waals surface area contributed by atoms with Crippen LogP contribution in [0.25, 0.3) is 0 Å². The van der Waals surface area contributed by atoms with Gasteiger partial charge >= 0.3 is 31.1 Å². The van der Waals surface area contributed by atoms with Crippen LogP contribution >= 0.6 is 0 Å². The third kappa shape index (κ3) is 9.05. The molecule has 2 aliphatic heterocycles. The zero-order valence-electron chi connectivity index (χ0n) is 15.3. The summed E-state index contributed by atoms with van der Waals surface area (Å²) in [5, 5.41) is 20.4. The second kappa shape index (κ2) is 10.1. The molecule has 20 heteroatoms. The summed E-state index contributed by atoms with van der Waals surface area (Å²) in [4.78, 5) is 0. The molecule has 7 atom stereocenters. The molecule has 2 fully saturated rings. The van der Waals surface area contributed by atoms with Crippen LogP contribution in [0, 0.1) is 0 Å². The summed E-state index contributed by atoms with van der Waals surface area (Å²) in [7, 11) is -14.7. The molecule has 2 heterocycles. The van der Waals surface area contributed by atoms with Gasteiger partial charge in [-0.05, 0) is 0 Å². The Morgan fingerprint density at radius 3 is 2.10 bits per heavy atom. The highest BCUT2D eigenvalue weighted by Crippen LogP contribution is 2.26. The van der Waals surface area contributed by atoms with E-state index < -0.39 is 100 Å². The first kappa shape index (κ1) is 26.7. The smallest absolute Gasteiger partial charge is 0.391 e. The van der Waals surface area contributed by atoms with E-state index in [1.54, 1.807) is 4.72 Å². The van der Waals surface area contributed by atoms with Gasteiger partial charge in [-0.1, -0.05) is 0 Å². The maximum absolute atomic E-state index is 11.2. The van der Waals surface area contributed by atoms with Crippen LogP contribution in [0.5, 0.6) is 0 Å². The molecule has 3 unspecified atom stereocenters. The third-order valence-electron chi connectivity index (χ3n) is 4.11. The third-order valence-corrected chi connectivity index (χ3v) is 5.60. The van der Waals surface area contributed by atoms with Crippen LogP contribution in [0.4, 0.5) is 0 Å². The zero-order chi connectivity index (χ0) is 23.6. The largest absolute Gasteiger partial charge is 0.397 e. The minimum absolute atomic E-state index is 0.396. The molecule has 2 saturated heterocycles. The fourth-order valence-corrected chi connectivity index (χ4v) is 4.31. The van der Waals surface area contributed by atoms with Gasteiger partial charge in [0.25, 0.3) is 0 Å². The molecule has 0 bridgehead atoms. The SMILES string of the molecule is O=S(=O)(O)NC1[C@H](O[C@H]2COCC(OS(=O)(=O)O)[C@@H]2O)OC(COS(=O)(=O)O)C[C@H]1O. The second-order valence-electron chi connectivity index (χ2n) is 6.53. The Kier molecular flexibility index (Phi) is 8.71. The molecule has 0 amide bonds. The molecule has 0 radical (unpaired) electrons. The number of nitrogens with one attached hydrogen (secondary N) is 1. The predicted molar refractivity (Wildman–Crippen MR) is 93.4 cm³/mol. The topological polar surface area (TPSA) is 262 Å². The normalized spacial score (nSPS) is 35.7. The molecule has 31 heavy (non-hydrogen) atoms. The van der Waals surface area contributed by atoms with Crippen molar-refractivity contribution >= 4 is 31.1 Å². The van der Waals surface area contributed by atoms with Crippen molar-refractivity contribution in [2.24, 2.45) is 0 Å². The standard InChI is InChI=1S/C11H21NO16S3/c13-6-1-5(2-25-30(18,19)20)26-11(9(6)12-29(15,16)17)27-7-3-24-4-8(10(7)14)28-31(21,22)23/h5-14H,1-4H2,(H,15,16,17)(H,18,19,20)(H,21,22,23)/t5?,6-,7+,8?,9?,10-,11+/m1/s1. The molecule has 17 nitrogen and oxygen atoms in total. The average molecular weight is 519 g/mol. The summed E-state index contributed by atoms with van der Waals surface area (Å²) >= 11 is 0. The minimum Gasteiger partial charge on any atom is -0.391 e. The molecule has 0 aromatic carbocycles. The van der Waals surface area contributed by atoms with Gasteiger partial charge in [0.15, 0.2) is 6.29 Å². The van der Waals surface area contributed by atoms with Gasteiger partial charge < -0.3 is 24.4 Å². The lowest BCUT2D eigenvalue weighted by molar-refractivity contribution is -0.279. The van der Waals surface area contributed by atoms with Gasteiger partial charge in [0.1, 0.15) is 24.4 Å². The number of hydrogen-bond acceptors (Lipinski definition) is 13. The van der Waals surface area contributed by atoms with Crippen molar-refractivity contribution in [2.45, 2.75) is 49.3 Å². The molecule has 0 aromatic rings. The monoisotopic (exact) mass is 519 g/mol. The highest BCUT2D eigenvalue weighted by atomic mass is 32.3. The van der Waals surface area contributed by atoms with Crippen LogP contribution in [0.1, 0.15) is 6.42 Å². The lowest BCUT2D eigenvalue weighted by atomic mass is 10.0. The van der Waals surface area contributed by atoms with Gasteiger partial charge in [-0.2, -0.15) is 30.0 Å². The summed E-state index contributed by atoms with van der Waals surface area (Å²) < 4.78 is 118. The molecular weight excluding hydrogens is 498 g/mol. The van der Waals surface area contributed by atoms with Crippen LogP contribution < -0.4 is 4.72 Å². The Bertz CT molecular complexity index is 918. The average Bonchev–Trinajstić information content (AvgIpc) is 2.57. The van der Waals surface area contributed by atoms with Crippen LogP contribution in [-0.2, 0) is 53.7 Å². The van der Waals surface area contributed by atoms with E-state index in [0.29, 0.717) is 0 Å². The van der Waals surface area contributed by atoms with E-state index in [-0.39, 0.29) is 0 Å². The van der Waals surface area contributed by atoms with Crippen LogP contribution in [0.3, 0.4) is 0 Å². The Morgan fingerprint density at radius 1 is 0.935 bits per heavy atom. The molecule has 0 saturated carbocycles. The molecule has 2 rings (SSSR count). The first-order chi connectivity index (χ1) is 14.0. The fourth-order valence-electron chi connectivity index (χ4n) is 2.89. The Labute approximate surface area is 177 Å². The van der Waals surface area contributed by atoms with Crippen LogP contribution in [0.15, 0.2) is 0 Å². The molecule has 0 aromatic heterocycles. The number of hydrogen-bond donors (Lipinski definition) is 6. The van der Waals surface area contributed by atoms with Gasteiger partial charge in [0.2, 0.25) is 0 Å². The van der Waals surface area contributed by atoms with E-state index in [2.05, 4.69) is 8.37 Å². The molecule has 2 aliphatic rings. The van der Waals surface area contributed by atoms with Gasteiger partial charge in [-0.3, -0.25) is 13.7 Å². The molecule has 184 valence electrons. The predicted octanol–water partition coefficient (Wildman–Crippen LogP) is -3.99. The van der Waals surface area contributed by atoms with Crippen molar-refractivity contribution < 1.29 is 71.7 Å². The van der Waals surface area contributed by atoms with Crippen molar-refractivity contribution in [3.05, 3.63) is 0 Å². The highest BCUT2D eigenvalue weighted by Gasteiger charge is 2.45. The van der Waals surface area contributed by atoms with Crippen LogP contribution in [0.2, 0.25) is 0 Å². The lowest BCUT2D eigenvalue weighted by Gasteiger charge is -2.42. The lowest BCUT2D eigenvalue weighted by Crippen LogP contribution is -2.61. The quantitative estimate of drug-likeness (QED) is 0.158. The van der Waals surface area contributed by atoms with E-state index in [4.69, 9.17) is 27.9 Å². The maximum Gasteiger partial charge on any atom is 0.397 e. The number of ether oxygens (including phenoxy) is 3. The summed E-state index contributed by atoms with van der Waals surface area (Å²) in [6.45, 7) is -1.67. The Balaban J connectivity index is 2.17.